The van der Waals surface area contributed by atoms with Crippen LogP contribution in [0, 0.1) is 17.8 Å². The molecule has 1 saturated carbocycles. The van der Waals surface area contributed by atoms with E-state index in [0.717, 1.165) is 61.1 Å². The molecule has 0 spiro atoms. The van der Waals surface area contributed by atoms with Crippen molar-refractivity contribution >= 4 is 29.7 Å². The van der Waals surface area contributed by atoms with Crippen LogP contribution in [0.4, 0.5) is 0 Å². The van der Waals surface area contributed by atoms with E-state index in [0.29, 0.717) is 5.25 Å². The van der Waals surface area contributed by atoms with Crippen LogP contribution in [-0.4, -0.2) is 54.2 Å². The molecule has 32 heavy (non-hydrogen) atoms. The van der Waals surface area contributed by atoms with Gasteiger partial charge in [-0.3, -0.25) is 9.59 Å². The largest absolute Gasteiger partial charge is 0.356 e. The number of carbonyl (C=O) groups excluding carboxylic acids is 2. The number of piperidine rings is 1. The Bertz CT molecular complexity index is 818. The molecule has 174 valence electrons. The van der Waals surface area contributed by atoms with Gasteiger partial charge in [0.05, 0.1) is 4.91 Å². The molecule has 2 saturated heterocycles. The molecule has 2 heterocycles. The van der Waals surface area contributed by atoms with Crippen LogP contribution >= 0.6 is 11.8 Å². The zero-order valence-electron chi connectivity index (χ0n) is 19.4. The van der Waals surface area contributed by atoms with E-state index in [4.69, 9.17) is 0 Å². The fourth-order valence-corrected chi connectivity index (χ4v) is 6.86. The monoisotopic (exact) mass is 455 g/mol. The van der Waals surface area contributed by atoms with Crippen molar-refractivity contribution in [2.75, 3.05) is 26.2 Å². The third-order valence-corrected chi connectivity index (χ3v) is 8.39. The molecular weight excluding hydrogens is 418 g/mol. The number of nitrogens with one attached hydrogen (secondary N) is 2. The Hall–Kier alpha value is -1.79. The molecule has 3 fully saturated rings. The molecule has 1 aliphatic carbocycles. The van der Waals surface area contributed by atoms with Gasteiger partial charge in [-0.15, -0.1) is 11.8 Å². The predicted molar refractivity (Wildman–Crippen MR) is 132 cm³/mol. The Balaban J connectivity index is 1.21. The first-order chi connectivity index (χ1) is 15.5. The van der Waals surface area contributed by atoms with Crippen LogP contribution in [0.2, 0.25) is 0 Å². The van der Waals surface area contributed by atoms with E-state index in [1.54, 1.807) is 11.8 Å². The summed E-state index contributed by atoms with van der Waals surface area (Å²) in [4.78, 5) is 28.7. The van der Waals surface area contributed by atoms with Gasteiger partial charge in [0.15, 0.2) is 0 Å². The van der Waals surface area contributed by atoms with Gasteiger partial charge in [0, 0.05) is 36.8 Å². The highest BCUT2D eigenvalue weighted by Gasteiger charge is 2.39. The van der Waals surface area contributed by atoms with Crippen molar-refractivity contribution in [2.24, 2.45) is 17.8 Å². The zero-order chi connectivity index (χ0) is 22.5. The smallest absolute Gasteiger partial charge is 0.257 e. The van der Waals surface area contributed by atoms with Gasteiger partial charge in [-0.25, -0.2) is 0 Å². The molecule has 0 radical (unpaired) electrons. The second kappa shape index (κ2) is 10.9. The highest BCUT2D eigenvalue weighted by molar-refractivity contribution is 8.04. The number of hydrogen-bond acceptors (Lipinski definition) is 4. The van der Waals surface area contributed by atoms with Gasteiger partial charge in [-0.05, 0) is 62.1 Å². The minimum Gasteiger partial charge on any atom is -0.356 e. The molecule has 0 aromatic heterocycles. The number of likely N-dealkylation sites (tertiary alicyclic amines) is 1. The topological polar surface area (TPSA) is 61.4 Å². The number of rotatable bonds is 6. The van der Waals surface area contributed by atoms with Gasteiger partial charge < -0.3 is 15.5 Å². The minimum absolute atomic E-state index is 0.00633. The lowest BCUT2D eigenvalue weighted by molar-refractivity contribution is -0.127. The molecule has 3 aliphatic rings. The number of hydrogen-bond donors (Lipinski definition) is 2. The molecule has 0 bridgehead atoms. The average Bonchev–Trinajstić information content (AvgIpc) is 2.77. The van der Waals surface area contributed by atoms with Crippen molar-refractivity contribution in [1.29, 1.82) is 0 Å². The number of benzene rings is 1. The van der Waals surface area contributed by atoms with Crippen LogP contribution < -0.4 is 10.6 Å². The second-order valence-corrected chi connectivity index (χ2v) is 11.3. The fraction of sp³-hybridized carbons (Fsp3) is 0.615. The first kappa shape index (κ1) is 23.4. The molecule has 2 amide bonds. The number of thioether (sulfide) groups is 1. The molecule has 2 aliphatic heterocycles. The van der Waals surface area contributed by atoms with Crippen LogP contribution in [0.5, 0.6) is 0 Å². The van der Waals surface area contributed by atoms with Crippen molar-refractivity contribution in [2.45, 2.75) is 57.2 Å². The van der Waals surface area contributed by atoms with Crippen molar-refractivity contribution < 1.29 is 9.59 Å². The Labute approximate surface area is 196 Å². The summed E-state index contributed by atoms with van der Waals surface area (Å²) in [5.74, 6) is 1.71. The summed E-state index contributed by atoms with van der Waals surface area (Å²) in [5, 5.41) is 6.70. The third-order valence-electron chi connectivity index (χ3n) is 6.97. The van der Waals surface area contributed by atoms with Gasteiger partial charge in [0.1, 0.15) is 0 Å². The number of amides is 2. The molecule has 2 N–H and O–H groups in total. The summed E-state index contributed by atoms with van der Waals surface area (Å²) in [6, 6.07) is 10.1. The molecular formula is C26H37N3O2S. The standard InChI is InChI=1S/C26H37N3O2S/c1-18-13-19(2)17-29(16-18)12-6-11-27-25(30)21-9-10-23-22(15-21)28-26(31)24(32-23)14-20-7-4-3-5-8-20/h3-5,7-8,14,18-19,21-23H,6,9-13,15-17H2,1-2H3,(H,27,30)(H,28,31)/b24-14-. The van der Waals surface area contributed by atoms with E-state index >= 15 is 0 Å². The Morgan fingerprint density at radius 3 is 2.66 bits per heavy atom. The van der Waals surface area contributed by atoms with Crippen LogP contribution in [0.1, 0.15) is 51.5 Å². The molecule has 5 unspecified atom stereocenters. The Morgan fingerprint density at radius 1 is 1.16 bits per heavy atom. The number of fused-ring (bicyclic) bond motifs is 1. The summed E-state index contributed by atoms with van der Waals surface area (Å²) in [7, 11) is 0. The summed E-state index contributed by atoms with van der Waals surface area (Å²) >= 11 is 1.68. The van der Waals surface area contributed by atoms with Crippen LogP contribution in [-0.2, 0) is 9.59 Å². The highest BCUT2D eigenvalue weighted by Crippen LogP contribution is 2.39. The van der Waals surface area contributed by atoms with Gasteiger partial charge in [-0.1, -0.05) is 44.2 Å². The first-order valence-corrected chi connectivity index (χ1v) is 13.1. The zero-order valence-corrected chi connectivity index (χ0v) is 20.2. The van der Waals surface area contributed by atoms with Gasteiger partial charge in [-0.2, -0.15) is 0 Å². The quantitative estimate of drug-likeness (QED) is 0.504. The maximum atomic E-state index is 12.8. The van der Waals surface area contributed by atoms with Crippen molar-refractivity contribution in [3.05, 3.63) is 40.8 Å². The van der Waals surface area contributed by atoms with Crippen LogP contribution in [0.25, 0.3) is 6.08 Å². The molecule has 4 rings (SSSR count). The molecule has 5 nitrogen and oxygen atoms in total. The van der Waals surface area contributed by atoms with Gasteiger partial charge >= 0.3 is 0 Å². The minimum atomic E-state index is -0.00819. The predicted octanol–water partition coefficient (Wildman–Crippen LogP) is 3.91. The lowest BCUT2D eigenvalue weighted by Gasteiger charge is -2.39. The average molecular weight is 456 g/mol. The summed E-state index contributed by atoms with van der Waals surface area (Å²) in [5.41, 5.74) is 1.05. The third kappa shape index (κ3) is 6.16. The van der Waals surface area contributed by atoms with E-state index in [1.165, 1.54) is 19.5 Å². The highest BCUT2D eigenvalue weighted by atomic mass is 32.2. The fourth-order valence-electron chi connectivity index (χ4n) is 5.56. The number of nitrogens with zero attached hydrogens (tertiary/aromatic N) is 1. The van der Waals surface area contributed by atoms with Gasteiger partial charge in [0.25, 0.3) is 5.91 Å². The lowest BCUT2D eigenvalue weighted by atomic mass is 9.84. The van der Waals surface area contributed by atoms with Crippen molar-refractivity contribution in [3.63, 3.8) is 0 Å². The van der Waals surface area contributed by atoms with Gasteiger partial charge in [0.2, 0.25) is 5.91 Å². The molecule has 6 heteroatoms. The maximum absolute atomic E-state index is 12.8. The summed E-state index contributed by atoms with van der Waals surface area (Å²) in [6.07, 6.45) is 6.91. The van der Waals surface area contributed by atoms with Crippen molar-refractivity contribution in [1.82, 2.24) is 15.5 Å². The van der Waals surface area contributed by atoms with E-state index < -0.39 is 0 Å². The van der Waals surface area contributed by atoms with Crippen LogP contribution in [0.15, 0.2) is 35.2 Å². The molecule has 1 aromatic rings. The van der Waals surface area contributed by atoms with E-state index in [1.807, 2.05) is 36.4 Å². The SMILES string of the molecule is CC1CC(C)CN(CCCNC(=O)C2CCC3S/C(=C\c4ccccc4)C(=O)NC3C2)C1. The molecule has 1 aromatic carbocycles. The van der Waals surface area contributed by atoms with Crippen molar-refractivity contribution in [3.8, 4) is 0 Å². The van der Waals surface area contributed by atoms with E-state index in [9.17, 15) is 9.59 Å². The second-order valence-electron chi connectivity index (χ2n) is 10.0. The Kier molecular flexibility index (Phi) is 7.95. The van der Waals surface area contributed by atoms with E-state index in [-0.39, 0.29) is 23.8 Å². The lowest BCUT2D eigenvalue weighted by Crippen LogP contribution is -2.51. The number of carbonyl (C=O) groups is 2. The normalized spacial score (nSPS) is 32.2. The first-order valence-electron chi connectivity index (χ1n) is 12.2. The maximum Gasteiger partial charge on any atom is 0.257 e. The molecule has 5 atom stereocenters. The van der Waals surface area contributed by atoms with Crippen LogP contribution in [0.3, 0.4) is 0 Å². The van der Waals surface area contributed by atoms with E-state index in [2.05, 4.69) is 29.4 Å². The summed E-state index contributed by atoms with van der Waals surface area (Å²) in [6.45, 7) is 8.85. The Morgan fingerprint density at radius 2 is 1.91 bits per heavy atom. The summed E-state index contributed by atoms with van der Waals surface area (Å²) < 4.78 is 0.